The summed E-state index contributed by atoms with van der Waals surface area (Å²) in [5.41, 5.74) is 1.28. The average Bonchev–Trinajstić information content (AvgIpc) is 2.88. The van der Waals surface area contributed by atoms with E-state index in [1.165, 1.54) is 17.9 Å². The van der Waals surface area contributed by atoms with Crippen LogP contribution in [-0.2, 0) is 0 Å². The van der Waals surface area contributed by atoms with E-state index >= 15 is 0 Å². The predicted molar refractivity (Wildman–Crippen MR) is 73.9 cm³/mol. The summed E-state index contributed by atoms with van der Waals surface area (Å²) in [6.07, 6.45) is 3.49. The third-order valence-electron chi connectivity index (χ3n) is 3.07. The van der Waals surface area contributed by atoms with Crippen molar-refractivity contribution in [2.75, 3.05) is 31.6 Å². The van der Waals surface area contributed by atoms with Crippen LogP contribution in [0, 0.1) is 0 Å². The molecule has 2 rings (SSSR count). The Kier molecular flexibility index (Phi) is 4.42. The Hall–Kier alpha value is -1.51. The van der Waals surface area contributed by atoms with Crippen LogP contribution in [0.25, 0.3) is 0 Å². The van der Waals surface area contributed by atoms with Crippen LogP contribution >= 0.6 is 0 Å². The standard InChI is InChI=1S/C14H21N3/c1-17(13-7-3-2-4-8-13)12-6-11-16-14-9-5-10-15-14/h2-4,7-8H,5-6,9-12H2,1H3,(H,15,16). The van der Waals surface area contributed by atoms with E-state index in [0.29, 0.717) is 0 Å². The van der Waals surface area contributed by atoms with Crippen molar-refractivity contribution in [2.24, 2.45) is 4.99 Å². The highest BCUT2D eigenvalue weighted by atomic mass is 15.1. The minimum atomic E-state index is 1.01. The number of nitrogens with zero attached hydrogens (tertiary/aromatic N) is 2. The van der Waals surface area contributed by atoms with Crippen molar-refractivity contribution in [1.29, 1.82) is 0 Å². The fourth-order valence-corrected chi connectivity index (χ4v) is 2.04. The molecule has 3 heteroatoms. The summed E-state index contributed by atoms with van der Waals surface area (Å²) in [6, 6.07) is 10.5. The van der Waals surface area contributed by atoms with Crippen molar-refractivity contribution >= 4 is 11.5 Å². The summed E-state index contributed by atoms with van der Waals surface area (Å²) in [7, 11) is 2.14. The van der Waals surface area contributed by atoms with E-state index in [0.717, 1.165) is 32.5 Å². The second-order valence-corrected chi connectivity index (χ2v) is 4.47. The normalized spacial score (nSPS) is 14.5. The maximum atomic E-state index is 4.40. The van der Waals surface area contributed by atoms with Gasteiger partial charge in [0.05, 0.1) is 5.84 Å². The Morgan fingerprint density at radius 3 is 2.82 bits per heavy atom. The number of anilines is 1. The molecule has 0 spiro atoms. The Morgan fingerprint density at radius 1 is 1.29 bits per heavy atom. The lowest BCUT2D eigenvalue weighted by molar-refractivity contribution is 0.748. The molecule has 0 fully saturated rings. The van der Waals surface area contributed by atoms with Gasteiger partial charge in [0.25, 0.3) is 0 Å². The van der Waals surface area contributed by atoms with Gasteiger partial charge in [0, 0.05) is 38.8 Å². The number of hydrogen-bond donors (Lipinski definition) is 1. The molecule has 1 heterocycles. The first-order valence-electron chi connectivity index (χ1n) is 6.39. The zero-order valence-electron chi connectivity index (χ0n) is 10.5. The van der Waals surface area contributed by atoms with Gasteiger partial charge in [-0.3, -0.25) is 4.99 Å². The van der Waals surface area contributed by atoms with Crippen LogP contribution in [0.1, 0.15) is 19.3 Å². The Labute approximate surface area is 104 Å². The summed E-state index contributed by atoms with van der Waals surface area (Å²) in [4.78, 5) is 6.69. The van der Waals surface area contributed by atoms with E-state index < -0.39 is 0 Å². The lowest BCUT2D eigenvalue weighted by atomic mass is 10.3. The van der Waals surface area contributed by atoms with Crippen LogP contribution in [0.5, 0.6) is 0 Å². The zero-order valence-corrected chi connectivity index (χ0v) is 10.5. The van der Waals surface area contributed by atoms with Gasteiger partial charge in [-0.1, -0.05) is 18.2 Å². The molecule has 1 N–H and O–H groups in total. The van der Waals surface area contributed by atoms with E-state index in [-0.39, 0.29) is 0 Å². The molecule has 0 atom stereocenters. The summed E-state index contributed by atoms with van der Waals surface area (Å²) >= 11 is 0. The van der Waals surface area contributed by atoms with Crippen LogP contribution in [0.4, 0.5) is 5.69 Å². The molecule has 0 unspecified atom stereocenters. The number of aliphatic imine (C=N–C) groups is 1. The molecule has 1 aliphatic rings. The smallest absolute Gasteiger partial charge is 0.0963 e. The lowest BCUT2D eigenvalue weighted by Gasteiger charge is -2.19. The minimum absolute atomic E-state index is 1.01. The van der Waals surface area contributed by atoms with E-state index in [4.69, 9.17) is 0 Å². The van der Waals surface area contributed by atoms with Crippen LogP contribution in [0.2, 0.25) is 0 Å². The van der Waals surface area contributed by atoms with Crippen LogP contribution in [-0.4, -0.2) is 32.5 Å². The van der Waals surface area contributed by atoms with Gasteiger partial charge in [0.2, 0.25) is 0 Å². The number of hydrogen-bond acceptors (Lipinski definition) is 3. The SMILES string of the molecule is CN(CCCNC1=NCCC1)c1ccccc1. The third-order valence-corrected chi connectivity index (χ3v) is 3.07. The first-order valence-corrected chi connectivity index (χ1v) is 6.39. The largest absolute Gasteiger partial charge is 0.375 e. The summed E-state index contributed by atoms with van der Waals surface area (Å²) in [5.74, 6) is 1.20. The van der Waals surface area contributed by atoms with Crippen molar-refractivity contribution in [3.63, 3.8) is 0 Å². The maximum Gasteiger partial charge on any atom is 0.0963 e. The van der Waals surface area contributed by atoms with Crippen molar-refractivity contribution in [1.82, 2.24) is 5.32 Å². The monoisotopic (exact) mass is 231 g/mol. The number of para-hydroxylation sites is 1. The molecular weight excluding hydrogens is 210 g/mol. The van der Waals surface area contributed by atoms with Gasteiger partial charge in [0.15, 0.2) is 0 Å². The highest BCUT2D eigenvalue weighted by molar-refractivity contribution is 5.83. The quantitative estimate of drug-likeness (QED) is 0.787. The summed E-state index contributed by atoms with van der Waals surface area (Å²) < 4.78 is 0. The molecule has 0 amide bonds. The number of benzene rings is 1. The van der Waals surface area contributed by atoms with E-state index in [1.54, 1.807) is 0 Å². The molecule has 0 saturated carbocycles. The Balaban J connectivity index is 1.65. The minimum Gasteiger partial charge on any atom is -0.375 e. The molecule has 0 aromatic heterocycles. The lowest BCUT2D eigenvalue weighted by Crippen LogP contribution is -2.27. The fraction of sp³-hybridized carbons (Fsp3) is 0.500. The van der Waals surface area contributed by atoms with Gasteiger partial charge in [-0.15, -0.1) is 0 Å². The predicted octanol–water partition coefficient (Wildman–Crippen LogP) is 2.29. The van der Waals surface area contributed by atoms with E-state index in [2.05, 4.69) is 52.6 Å². The van der Waals surface area contributed by atoms with Gasteiger partial charge in [-0.25, -0.2) is 0 Å². The van der Waals surface area contributed by atoms with Crippen LogP contribution in [0.15, 0.2) is 35.3 Å². The van der Waals surface area contributed by atoms with Gasteiger partial charge in [-0.05, 0) is 25.0 Å². The molecule has 1 aromatic rings. The number of rotatable bonds is 5. The topological polar surface area (TPSA) is 27.6 Å². The highest BCUT2D eigenvalue weighted by Crippen LogP contribution is 2.10. The fourth-order valence-electron chi connectivity index (χ4n) is 2.04. The molecule has 92 valence electrons. The second kappa shape index (κ2) is 6.28. The molecule has 17 heavy (non-hydrogen) atoms. The molecule has 0 bridgehead atoms. The highest BCUT2D eigenvalue weighted by Gasteiger charge is 2.04. The van der Waals surface area contributed by atoms with Gasteiger partial charge >= 0.3 is 0 Å². The van der Waals surface area contributed by atoms with Crippen molar-refractivity contribution < 1.29 is 0 Å². The molecule has 0 radical (unpaired) electrons. The molecule has 1 aromatic carbocycles. The number of nitrogens with one attached hydrogen (secondary N) is 1. The first-order chi connectivity index (χ1) is 8.36. The van der Waals surface area contributed by atoms with Crippen LogP contribution < -0.4 is 10.2 Å². The molecule has 1 aliphatic heterocycles. The molecular formula is C14H21N3. The first kappa shape index (κ1) is 12.0. The maximum absolute atomic E-state index is 4.40. The average molecular weight is 231 g/mol. The van der Waals surface area contributed by atoms with Crippen molar-refractivity contribution in [2.45, 2.75) is 19.3 Å². The Bertz CT molecular complexity index is 359. The van der Waals surface area contributed by atoms with Gasteiger partial charge in [0.1, 0.15) is 0 Å². The van der Waals surface area contributed by atoms with Crippen molar-refractivity contribution in [3.05, 3.63) is 30.3 Å². The van der Waals surface area contributed by atoms with E-state index in [9.17, 15) is 0 Å². The molecule has 0 saturated heterocycles. The zero-order chi connectivity index (χ0) is 11.9. The van der Waals surface area contributed by atoms with Crippen molar-refractivity contribution in [3.8, 4) is 0 Å². The molecule has 0 aliphatic carbocycles. The third kappa shape index (κ3) is 3.77. The van der Waals surface area contributed by atoms with Crippen LogP contribution in [0.3, 0.4) is 0 Å². The number of amidine groups is 1. The second-order valence-electron chi connectivity index (χ2n) is 4.47. The Morgan fingerprint density at radius 2 is 2.12 bits per heavy atom. The van der Waals surface area contributed by atoms with Gasteiger partial charge in [-0.2, -0.15) is 0 Å². The summed E-state index contributed by atoms with van der Waals surface area (Å²) in [6.45, 7) is 3.10. The summed E-state index contributed by atoms with van der Waals surface area (Å²) in [5, 5.41) is 3.41. The van der Waals surface area contributed by atoms with Gasteiger partial charge < -0.3 is 10.2 Å². The van der Waals surface area contributed by atoms with E-state index in [1.807, 2.05) is 0 Å². The molecule has 3 nitrogen and oxygen atoms in total.